The van der Waals surface area contributed by atoms with Crippen LogP contribution in [0.2, 0.25) is 0 Å². The lowest BCUT2D eigenvalue weighted by Gasteiger charge is -2.17. The summed E-state index contributed by atoms with van der Waals surface area (Å²) < 4.78 is 0. The van der Waals surface area contributed by atoms with E-state index in [2.05, 4.69) is 47.1 Å². The van der Waals surface area contributed by atoms with Crippen LogP contribution in [0.25, 0.3) is 0 Å². The fraction of sp³-hybridized carbons (Fsp3) is 0.250. The molecule has 0 saturated heterocycles. The fourth-order valence-corrected chi connectivity index (χ4v) is 3.05. The Morgan fingerprint density at radius 3 is 1.58 bits per heavy atom. The van der Waals surface area contributed by atoms with Gasteiger partial charge >= 0.3 is 0 Å². The van der Waals surface area contributed by atoms with Gasteiger partial charge in [-0.15, -0.1) is 0 Å². The highest BCUT2D eigenvalue weighted by molar-refractivity contribution is 8.09. The predicted octanol–water partition coefficient (Wildman–Crippen LogP) is 2.41. The van der Waals surface area contributed by atoms with Crippen LogP contribution in [0.3, 0.4) is 0 Å². The van der Waals surface area contributed by atoms with E-state index in [0.29, 0.717) is 0 Å². The van der Waals surface area contributed by atoms with Gasteiger partial charge in [-0.1, -0.05) is 23.5 Å². The van der Waals surface area contributed by atoms with E-state index in [-0.39, 0.29) is 0 Å². The molecule has 0 radical (unpaired) electrons. The Morgan fingerprint density at radius 2 is 1.33 bits per heavy atom. The summed E-state index contributed by atoms with van der Waals surface area (Å²) in [5, 5.41) is 6.84. The quantitative estimate of drug-likeness (QED) is 0.589. The maximum absolute atomic E-state index is 2.15. The number of hydrogen-bond donors (Lipinski definition) is 0. The highest BCUT2D eigenvalue weighted by atomic mass is 32.2. The Hall–Kier alpha value is -0.480. The average molecular weight is 198 g/mol. The van der Waals surface area contributed by atoms with Gasteiger partial charge in [0.25, 0.3) is 0 Å². The van der Waals surface area contributed by atoms with Crippen LogP contribution >= 0.6 is 23.5 Å². The molecule has 2 aliphatic heterocycles. The number of nitrogens with zero attached hydrogens (tertiary/aromatic N) is 2. The first kappa shape index (κ1) is 8.13. The maximum Gasteiger partial charge on any atom is 0.110 e. The van der Waals surface area contributed by atoms with Gasteiger partial charge < -0.3 is 9.80 Å². The molecule has 4 heteroatoms. The number of thioether (sulfide) groups is 2. The van der Waals surface area contributed by atoms with Crippen molar-refractivity contribution in [3.63, 3.8) is 0 Å². The second-order valence-electron chi connectivity index (χ2n) is 2.64. The van der Waals surface area contributed by atoms with E-state index >= 15 is 0 Å². The SMILES string of the molecule is CN1C=CS/C1=C1\SC=CN1C. The Bertz CT molecular complexity index is 253. The zero-order valence-electron chi connectivity index (χ0n) is 7.02. The molecule has 0 aromatic carbocycles. The van der Waals surface area contributed by atoms with Crippen molar-refractivity contribution in [2.24, 2.45) is 0 Å². The summed E-state index contributed by atoms with van der Waals surface area (Å²) in [6, 6.07) is 0. The highest BCUT2D eigenvalue weighted by Crippen LogP contribution is 2.39. The average Bonchev–Trinajstić information content (AvgIpc) is 2.59. The van der Waals surface area contributed by atoms with Gasteiger partial charge in [0.15, 0.2) is 0 Å². The van der Waals surface area contributed by atoms with Crippen molar-refractivity contribution in [1.29, 1.82) is 0 Å². The van der Waals surface area contributed by atoms with Gasteiger partial charge in [-0.05, 0) is 10.8 Å². The third kappa shape index (κ3) is 1.25. The minimum Gasteiger partial charge on any atom is -0.343 e. The molecule has 12 heavy (non-hydrogen) atoms. The van der Waals surface area contributed by atoms with Gasteiger partial charge in [0.05, 0.1) is 0 Å². The van der Waals surface area contributed by atoms with E-state index in [1.54, 1.807) is 23.5 Å². The molecule has 0 spiro atoms. The number of rotatable bonds is 0. The molecule has 64 valence electrons. The fourth-order valence-electron chi connectivity index (χ4n) is 1.08. The van der Waals surface area contributed by atoms with E-state index in [0.717, 1.165) is 0 Å². The van der Waals surface area contributed by atoms with Gasteiger partial charge in [-0.2, -0.15) is 0 Å². The summed E-state index contributed by atoms with van der Waals surface area (Å²) in [6.45, 7) is 0. The van der Waals surface area contributed by atoms with Gasteiger partial charge in [-0.25, -0.2) is 0 Å². The van der Waals surface area contributed by atoms with Crippen molar-refractivity contribution in [3.8, 4) is 0 Å². The van der Waals surface area contributed by atoms with E-state index in [9.17, 15) is 0 Å². The van der Waals surface area contributed by atoms with E-state index < -0.39 is 0 Å². The van der Waals surface area contributed by atoms with Crippen molar-refractivity contribution in [3.05, 3.63) is 33.3 Å². The van der Waals surface area contributed by atoms with Crippen LogP contribution < -0.4 is 0 Å². The predicted molar refractivity (Wildman–Crippen MR) is 56.0 cm³/mol. The Balaban J connectivity index is 2.26. The monoisotopic (exact) mass is 198 g/mol. The van der Waals surface area contributed by atoms with E-state index in [4.69, 9.17) is 0 Å². The highest BCUT2D eigenvalue weighted by Gasteiger charge is 2.19. The smallest absolute Gasteiger partial charge is 0.110 e. The van der Waals surface area contributed by atoms with E-state index in [1.807, 2.05) is 0 Å². The molecule has 0 N–H and O–H groups in total. The van der Waals surface area contributed by atoms with Gasteiger partial charge in [-0.3, -0.25) is 0 Å². The third-order valence-corrected chi connectivity index (χ3v) is 3.81. The van der Waals surface area contributed by atoms with Crippen LogP contribution in [-0.4, -0.2) is 23.9 Å². The summed E-state index contributed by atoms with van der Waals surface area (Å²) in [5.74, 6) is 0. The molecular weight excluding hydrogens is 188 g/mol. The van der Waals surface area contributed by atoms with Crippen LogP contribution in [0, 0.1) is 0 Å². The Labute approximate surface area is 81.0 Å². The van der Waals surface area contributed by atoms with Crippen LogP contribution in [0.1, 0.15) is 0 Å². The van der Waals surface area contributed by atoms with Crippen LogP contribution in [-0.2, 0) is 0 Å². The topological polar surface area (TPSA) is 6.48 Å². The van der Waals surface area contributed by atoms with Crippen molar-refractivity contribution in [1.82, 2.24) is 9.80 Å². The maximum atomic E-state index is 2.15. The van der Waals surface area contributed by atoms with Crippen molar-refractivity contribution in [2.75, 3.05) is 14.1 Å². The lowest BCUT2D eigenvalue weighted by atomic mass is 10.7. The molecule has 0 aliphatic carbocycles. The standard InChI is InChI=1S/C8H10N2S2/c1-9-3-5-11-7(9)8-10(2)4-6-12-8/h3-6H,1-2H3/b8-7-. The molecule has 2 heterocycles. The largest absolute Gasteiger partial charge is 0.343 e. The third-order valence-electron chi connectivity index (χ3n) is 1.75. The van der Waals surface area contributed by atoms with Crippen molar-refractivity contribution < 1.29 is 0 Å². The second kappa shape index (κ2) is 3.11. The summed E-state index contributed by atoms with van der Waals surface area (Å²) >= 11 is 3.55. The lowest BCUT2D eigenvalue weighted by Crippen LogP contribution is -2.11. The minimum atomic E-state index is 1.31. The zero-order valence-corrected chi connectivity index (χ0v) is 8.65. The molecule has 0 amide bonds. The van der Waals surface area contributed by atoms with Crippen LogP contribution in [0.5, 0.6) is 0 Å². The zero-order chi connectivity index (χ0) is 8.55. The van der Waals surface area contributed by atoms with E-state index in [1.165, 1.54) is 10.1 Å². The molecule has 2 rings (SSSR count). The Morgan fingerprint density at radius 1 is 0.917 bits per heavy atom. The van der Waals surface area contributed by atoms with Crippen LogP contribution in [0.15, 0.2) is 33.3 Å². The first-order valence-electron chi connectivity index (χ1n) is 3.65. The Kier molecular flexibility index (Phi) is 2.11. The minimum absolute atomic E-state index is 1.31. The lowest BCUT2D eigenvalue weighted by molar-refractivity contribution is 0.559. The number of hydrogen-bond acceptors (Lipinski definition) is 4. The normalized spacial score (nSPS) is 27.8. The molecule has 0 bridgehead atoms. The molecule has 0 fully saturated rings. The summed E-state index contributed by atoms with van der Waals surface area (Å²) in [4.78, 5) is 4.30. The first-order chi connectivity index (χ1) is 5.79. The van der Waals surface area contributed by atoms with Crippen LogP contribution in [0.4, 0.5) is 0 Å². The summed E-state index contributed by atoms with van der Waals surface area (Å²) in [6.07, 6.45) is 4.17. The van der Waals surface area contributed by atoms with Gasteiger partial charge in [0, 0.05) is 26.5 Å². The first-order valence-corrected chi connectivity index (χ1v) is 5.41. The molecule has 0 unspecified atom stereocenters. The second-order valence-corrected chi connectivity index (χ2v) is 4.43. The molecule has 0 aromatic heterocycles. The van der Waals surface area contributed by atoms with Crippen molar-refractivity contribution in [2.45, 2.75) is 0 Å². The van der Waals surface area contributed by atoms with Gasteiger partial charge in [0.2, 0.25) is 0 Å². The molecule has 2 nitrogen and oxygen atoms in total. The molecule has 0 atom stereocenters. The molecule has 0 aromatic rings. The summed E-state index contributed by atoms with van der Waals surface area (Å²) in [7, 11) is 4.15. The molecule has 0 saturated carbocycles. The van der Waals surface area contributed by atoms with Gasteiger partial charge in [0.1, 0.15) is 10.1 Å². The molecule has 2 aliphatic rings. The molecular formula is C8H10N2S2. The van der Waals surface area contributed by atoms with Crippen molar-refractivity contribution >= 4 is 23.5 Å². The summed E-state index contributed by atoms with van der Waals surface area (Å²) in [5.41, 5.74) is 0.